The molecule has 0 fully saturated rings. The van der Waals surface area contributed by atoms with Crippen molar-refractivity contribution in [1.29, 1.82) is 0 Å². The van der Waals surface area contributed by atoms with E-state index in [4.69, 9.17) is 15.0 Å². The van der Waals surface area contributed by atoms with E-state index in [-0.39, 0.29) is 11.3 Å². The van der Waals surface area contributed by atoms with Gasteiger partial charge in [0.2, 0.25) is 0 Å². The van der Waals surface area contributed by atoms with Crippen LogP contribution < -0.4 is 5.32 Å². The predicted octanol–water partition coefficient (Wildman–Crippen LogP) is 4.70. The van der Waals surface area contributed by atoms with Gasteiger partial charge in [0.25, 0.3) is 0 Å². The average Bonchev–Trinajstić information content (AvgIpc) is 2.66. The zero-order valence-corrected chi connectivity index (χ0v) is 18.5. The minimum Gasteiger partial charge on any atom is -0.379 e. The van der Waals surface area contributed by atoms with Gasteiger partial charge in [-0.3, -0.25) is 4.79 Å². The summed E-state index contributed by atoms with van der Waals surface area (Å²) < 4.78 is 11.1. The lowest BCUT2D eigenvalue weighted by Gasteiger charge is -2.23. The second-order valence-corrected chi connectivity index (χ2v) is 8.51. The van der Waals surface area contributed by atoms with Gasteiger partial charge in [-0.25, -0.2) is 0 Å². The summed E-state index contributed by atoms with van der Waals surface area (Å²) in [6, 6.07) is 7.52. The number of azide groups is 1. The Morgan fingerprint density at radius 1 is 1.07 bits per heavy atom. The highest BCUT2D eigenvalue weighted by Gasteiger charge is 2.16. The first-order valence-corrected chi connectivity index (χ1v) is 10.2. The molecule has 0 radical (unpaired) electrons. The molecule has 0 amide bonds. The third-order valence-corrected chi connectivity index (χ3v) is 4.84. The fourth-order valence-corrected chi connectivity index (χ4v) is 2.72. The number of nitrogens with one attached hydrogen (secondary N) is 1. The van der Waals surface area contributed by atoms with Crippen molar-refractivity contribution < 1.29 is 14.3 Å². The first kappa shape index (κ1) is 25.1. The molecule has 0 unspecified atom stereocenters. The second kappa shape index (κ2) is 12.6. The molecule has 0 bridgehead atoms. The van der Waals surface area contributed by atoms with E-state index in [9.17, 15) is 4.79 Å². The van der Waals surface area contributed by atoms with Gasteiger partial charge in [-0.2, -0.15) is 0 Å². The van der Waals surface area contributed by atoms with Crippen LogP contribution in [0.4, 0.5) is 0 Å². The van der Waals surface area contributed by atoms with Gasteiger partial charge in [-0.15, -0.1) is 0 Å². The fraction of sp³-hybridized carbons (Fsp3) is 0.682. The van der Waals surface area contributed by atoms with Gasteiger partial charge in [0.1, 0.15) is 0 Å². The van der Waals surface area contributed by atoms with Crippen LogP contribution >= 0.6 is 0 Å². The lowest BCUT2D eigenvalue weighted by Crippen LogP contribution is -2.37. The van der Waals surface area contributed by atoms with Crippen LogP contribution in [0.3, 0.4) is 0 Å². The molecule has 0 aliphatic rings. The van der Waals surface area contributed by atoms with E-state index >= 15 is 0 Å². The van der Waals surface area contributed by atoms with Crippen LogP contribution in [0.5, 0.6) is 0 Å². The number of nitrogens with zero attached hydrogens (tertiary/aromatic N) is 3. The van der Waals surface area contributed by atoms with Gasteiger partial charge in [0, 0.05) is 41.2 Å². The second-order valence-electron chi connectivity index (χ2n) is 8.51. The summed E-state index contributed by atoms with van der Waals surface area (Å²) in [6.07, 6.45) is 2.73. The summed E-state index contributed by atoms with van der Waals surface area (Å²) in [6.45, 7) is 10.4. The molecular weight excluding hydrogens is 368 g/mol. The van der Waals surface area contributed by atoms with E-state index < -0.39 is 5.54 Å². The minimum absolute atomic E-state index is 0.0835. The molecule has 7 nitrogen and oxygen atoms in total. The summed E-state index contributed by atoms with van der Waals surface area (Å²) in [5.74, 6) is 0.111. The van der Waals surface area contributed by atoms with Crippen LogP contribution in [-0.2, 0) is 15.9 Å². The van der Waals surface area contributed by atoms with Gasteiger partial charge in [0.05, 0.1) is 13.2 Å². The lowest BCUT2D eigenvalue weighted by molar-refractivity contribution is 0.0398. The maximum Gasteiger partial charge on any atom is 0.162 e. The van der Waals surface area contributed by atoms with E-state index in [1.165, 1.54) is 0 Å². The zero-order chi connectivity index (χ0) is 21.8. The summed E-state index contributed by atoms with van der Waals surface area (Å²) in [4.78, 5) is 15.2. The van der Waals surface area contributed by atoms with E-state index in [1.54, 1.807) is 0 Å². The lowest BCUT2D eigenvalue weighted by atomic mass is 9.94. The normalized spacial score (nSPS) is 11.9. The largest absolute Gasteiger partial charge is 0.379 e. The first-order valence-electron chi connectivity index (χ1n) is 10.2. The Morgan fingerprint density at radius 2 is 1.69 bits per heavy atom. The summed E-state index contributed by atoms with van der Waals surface area (Å²) in [7, 11) is 1.95. The third kappa shape index (κ3) is 11.0. The summed E-state index contributed by atoms with van der Waals surface area (Å²) in [5, 5.41) is 7.04. The SMILES string of the molecule is CNC(C)(C)CCOCCOCCCC(=O)c1ccc(CC(C)(C)N=[N+]=[N-])cc1. The topological polar surface area (TPSA) is 96.3 Å². The molecule has 0 saturated heterocycles. The summed E-state index contributed by atoms with van der Waals surface area (Å²) >= 11 is 0. The number of hydrogen-bond donors (Lipinski definition) is 1. The van der Waals surface area contributed by atoms with Gasteiger partial charge in [-0.1, -0.05) is 43.2 Å². The number of Topliss-reactive ketones (excluding diaryl/α,β-unsaturated/α-hetero) is 1. The van der Waals surface area contributed by atoms with Gasteiger partial charge in [-0.05, 0) is 51.3 Å². The Hall–Kier alpha value is -1.92. The van der Waals surface area contributed by atoms with E-state index in [0.29, 0.717) is 51.3 Å². The molecule has 0 spiro atoms. The van der Waals surface area contributed by atoms with Crippen molar-refractivity contribution in [2.24, 2.45) is 5.11 Å². The number of ketones is 1. The predicted molar refractivity (Wildman–Crippen MR) is 116 cm³/mol. The monoisotopic (exact) mass is 404 g/mol. The number of benzene rings is 1. The number of hydrogen-bond acceptors (Lipinski definition) is 5. The molecule has 1 aromatic carbocycles. The Labute approximate surface area is 174 Å². The molecule has 29 heavy (non-hydrogen) atoms. The number of ether oxygens (including phenoxy) is 2. The van der Waals surface area contributed by atoms with Gasteiger partial charge in [0.15, 0.2) is 5.78 Å². The summed E-state index contributed by atoms with van der Waals surface area (Å²) in [5.41, 5.74) is 9.95. The maximum absolute atomic E-state index is 12.3. The van der Waals surface area contributed by atoms with Crippen molar-refractivity contribution in [3.8, 4) is 0 Å². The van der Waals surface area contributed by atoms with E-state index in [0.717, 1.165) is 12.0 Å². The fourth-order valence-electron chi connectivity index (χ4n) is 2.72. The molecule has 1 aromatic rings. The Kier molecular flexibility index (Phi) is 10.9. The minimum atomic E-state index is -0.482. The first-order chi connectivity index (χ1) is 13.7. The molecule has 0 aromatic heterocycles. The highest BCUT2D eigenvalue weighted by Crippen LogP contribution is 2.18. The Morgan fingerprint density at radius 3 is 2.28 bits per heavy atom. The molecule has 7 heteroatoms. The van der Waals surface area contributed by atoms with Crippen LogP contribution in [0.1, 0.15) is 62.9 Å². The van der Waals surface area contributed by atoms with Crippen molar-refractivity contribution in [2.45, 2.75) is 64.5 Å². The van der Waals surface area contributed by atoms with E-state index in [2.05, 4.69) is 29.2 Å². The van der Waals surface area contributed by atoms with Crippen molar-refractivity contribution in [1.82, 2.24) is 5.32 Å². The van der Waals surface area contributed by atoms with Crippen LogP contribution in [0.2, 0.25) is 0 Å². The smallest absolute Gasteiger partial charge is 0.162 e. The van der Waals surface area contributed by atoms with Crippen LogP contribution in [0.15, 0.2) is 29.4 Å². The molecule has 0 saturated carbocycles. The molecule has 0 aliphatic carbocycles. The molecule has 0 heterocycles. The average molecular weight is 405 g/mol. The Balaban J connectivity index is 2.19. The van der Waals surface area contributed by atoms with Gasteiger partial charge >= 0.3 is 0 Å². The third-order valence-electron chi connectivity index (χ3n) is 4.84. The van der Waals surface area contributed by atoms with Crippen molar-refractivity contribution in [2.75, 3.05) is 33.5 Å². The van der Waals surface area contributed by atoms with Crippen molar-refractivity contribution in [3.05, 3.63) is 45.8 Å². The zero-order valence-electron chi connectivity index (χ0n) is 18.5. The molecule has 1 rings (SSSR count). The van der Waals surface area contributed by atoms with Gasteiger partial charge < -0.3 is 14.8 Å². The molecule has 0 atom stereocenters. The van der Waals surface area contributed by atoms with E-state index in [1.807, 2.05) is 45.2 Å². The number of carbonyl (C=O) groups excluding carboxylic acids is 1. The number of rotatable bonds is 15. The van der Waals surface area contributed by atoms with Crippen molar-refractivity contribution in [3.63, 3.8) is 0 Å². The molecular formula is C22H36N4O3. The van der Waals surface area contributed by atoms with Crippen LogP contribution in [-0.4, -0.2) is 50.3 Å². The van der Waals surface area contributed by atoms with Crippen LogP contribution in [0, 0.1) is 0 Å². The van der Waals surface area contributed by atoms with Crippen LogP contribution in [0.25, 0.3) is 10.4 Å². The highest BCUT2D eigenvalue weighted by atomic mass is 16.5. The number of carbonyl (C=O) groups is 1. The molecule has 1 N–H and O–H groups in total. The quantitative estimate of drug-likeness (QED) is 0.151. The Bertz CT molecular complexity index is 665. The standard InChI is InChI=1S/C22H36N4O3/c1-21(2,24-5)12-14-29-16-15-28-13-6-7-20(27)19-10-8-18(9-11-19)17-22(3,4)25-26-23/h8-11,24H,6-7,12-17H2,1-5H3. The molecule has 0 aliphatic heterocycles. The van der Waals surface area contributed by atoms with Crippen molar-refractivity contribution >= 4 is 5.78 Å². The molecule has 162 valence electrons. The maximum atomic E-state index is 12.3. The highest BCUT2D eigenvalue weighted by molar-refractivity contribution is 5.96.